The Hall–Kier alpha value is -1.14. The molecule has 6 N–H and O–H groups in total. The number of amides is 1. The third-order valence-corrected chi connectivity index (χ3v) is 2.63. The number of carboxylic acids is 1. The molecule has 0 fully saturated rings. The lowest BCUT2D eigenvalue weighted by atomic mass is 10.0. The van der Waals surface area contributed by atoms with E-state index in [0.717, 1.165) is 12.8 Å². The van der Waals surface area contributed by atoms with E-state index in [9.17, 15) is 9.59 Å². The van der Waals surface area contributed by atoms with Crippen molar-refractivity contribution in [1.82, 2.24) is 5.32 Å². The Morgan fingerprint density at radius 1 is 1.28 bits per heavy atom. The Labute approximate surface area is 108 Å². The number of carbonyl (C=O) groups excluding carboxylic acids is 1. The van der Waals surface area contributed by atoms with Crippen LogP contribution in [0.25, 0.3) is 0 Å². The van der Waals surface area contributed by atoms with Crippen molar-refractivity contribution in [2.75, 3.05) is 6.54 Å². The molecule has 0 saturated carbocycles. The zero-order chi connectivity index (χ0) is 14.1. The van der Waals surface area contributed by atoms with Crippen LogP contribution in [-0.4, -0.2) is 35.6 Å². The highest BCUT2D eigenvalue weighted by Gasteiger charge is 2.23. The Bertz CT molecular complexity index is 269. The van der Waals surface area contributed by atoms with Gasteiger partial charge in [0.1, 0.15) is 6.04 Å². The van der Waals surface area contributed by atoms with Crippen LogP contribution in [0.5, 0.6) is 0 Å². The summed E-state index contributed by atoms with van der Waals surface area (Å²) in [5.41, 5.74) is 11.0. The van der Waals surface area contributed by atoms with Crippen LogP contribution in [-0.2, 0) is 9.59 Å². The molecule has 106 valence electrons. The standard InChI is InChI=1S/C12H25N3O3/c1-8(2)7-10(12(17)18)15-11(16)9(14)5-3-4-6-13/h8-10H,3-7,13-14H2,1-2H3,(H,15,16)(H,17,18)/t9-,10+/m1/s1. The SMILES string of the molecule is CC(C)C[C@H](NC(=O)[C@H](N)CCCCN)C(=O)O. The number of carbonyl (C=O) groups is 2. The molecule has 6 nitrogen and oxygen atoms in total. The van der Waals surface area contributed by atoms with E-state index in [1.807, 2.05) is 13.8 Å². The highest BCUT2D eigenvalue weighted by molar-refractivity contribution is 5.86. The maximum Gasteiger partial charge on any atom is 0.326 e. The van der Waals surface area contributed by atoms with Crippen LogP contribution >= 0.6 is 0 Å². The van der Waals surface area contributed by atoms with E-state index in [2.05, 4.69) is 5.32 Å². The Morgan fingerprint density at radius 3 is 2.33 bits per heavy atom. The van der Waals surface area contributed by atoms with Gasteiger partial charge in [-0.05, 0) is 31.7 Å². The monoisotopic (exact) mass is 259 g/mol. The molecule has 1 amide bonds. The number of carboxylic acid groups (broad SMARTS) is 1. The van der Waals surface area contributed by atoms with Gasteiger partial charge in [-0.3, -0.25) is 4.79 Å². The fourth-order valence-corrected chi connectivity index (χ4v) is 1.61. The van der Waals surface area contributed by atoms with Crippen molar-refractivity contribution in [3.05, 3.63) is 0 Å². The smallest absolute Gasteiger partial charge is 0.326 e. The molecule has 0 heterocycles. The highest BCUT2D eigenvalue weighted by atomic mass is 16.4. The van der Waals surface area contributed by atoms with E-state index in [-0.39, 0.29) is 5.92 Å². The first-order valence-electron chi connectivity index (χ1n) is 6.37. The van der Waals surface area contributed by atoms with Gasteiger partial charge in [0.15, 0.2) is 0 Å². The molecule has 0 aliphatic heterocycles. The number of rotatable bonds is 9. The van der Waals surface area contributed by atoms with E-state index >= 15 is 0 Å². The molecule has 0 saturated heterocycles. The summed E-state index contributed by atoms with van der Waals surface area (Å²) in [6.07, 6.45) is 2.51. The summed E-state index contributed by atoms with van der Waals surface area (Å²) in [5.74, 6) is -1.23. The van der Waals surface area contributed by atoms with E-state index < -0.39 is 24.0 Å². The molecule has 2 atom stereocenters. The molecule has 18 heavy (non-hydrogen) atoms. The molecule has 6 heteroatoms. The van der Waals surface area contributed by atoms with Crippen LogP contribution in [0, 0.1) is 5.92 Å². The number of aliphatic carboxylic acids is 1. The predicted octanol–water partition coefficient (Wildman–Crippen LogP) is 0.0582. The van der Waals surface area contributed by atoms with Gasteiger partial charge in [-0.25, -0.2) is 4.79 Å². The van der Waals surface area contributed by atoms with E-state index in [1.54, 1.807) is 0 Å². The second-order valence-corrected chi connectivity index (χ2v) is 4.92. The molecule has 0 rings (SSSR count). The van der Waals surface area contributed by atoms with E-state index in [0.29, 0.717) is 19.4 Å². The van der Waals surface area contributed by atoms with Crippen LogP contribution in [0.15, 0.2) is 0 Å². The molecule has 0 bridgehead atoms. The van der Waals surface area contributed by atoms with Gasteiger partial charge >= 0.3 is 5.97 Å². The first-order chi connectivity index (χ1) is 8.38. The summed E-state index contributed by atoms with van der Waals surface area (Å²) in [4.78, 5) is 22.7. The summed E-state index contributed by atoms with van der Waals surface area (Å²) in [5, 5.41) is 11.5. The number of unbranched alkanes of at least 4 members (excludes halogenated alkanes) is 1. The lowest BCUT2D eigenvalue weighted by molar-refractivity contribution is -0.142. The minimum atomic E-state index is -1.02. The van der Waals surface area contributed by atoms with Gasteiger partial charge in [0, 0.05) is 0 Å². The summed E-state index contributed by atoms with van der Waals surface area (Å²) < 4.78 is 0. The first-order valence-corrected chi connectivity index (χ1v) is 6.37. The van der Waals surface area contributed by atoms with Crippen LogP contribution < -0.4 is 16.8 Å². The minimum absolute atomic E-state index is 0.194. The fourth-order valence-electron chi connectivity index (χ4n) is 1.61. The minimum Gasteiger partial charge on any atom is -0.480 e. The van der Waals surface area contributed by atoms with Gasteiger partial charge in [-0.15, -0.1) is 0 Å². The fraction of sp³-hybridized carbons (Fsp3) is 0.833. The zero-order valence-corrected chi connectivity index (χ0v) is 11.2. The maximum atomic E-state index is 11.7. The molecule has 0 spiro atoms. The quantitative estimate of drug-likeness (QED) is 0.437. The normalized spacial score (nSPS) is 14.3. The van der Waals surface area contributed by atoms with Gasteiger partial charge in [0.25, 0.3) is 0 Å². The van der Waals surface area contributed by atoms with Gasteiger partial charge in [0.05, 0.1) is 6.04 Å². The largest absolute Gasteiger partial charge is 0.480 e. The molecule has 0 aromatic heterocycles. The Kier molecular flexibility index (Phi) is 8.32. The van der Waals surface area contributed by atoms with Gasteiger partial charge in [-0.1, -0.05) is 20.3 Å². The summed E-state index contributed by atoms with van der Waals surface area (Å²) in [7, 11) is 0. The molecule has 0 unspecified atom stereocenters. The van der Waals surface area contributed by atoms with Gasteiger partial charge in [0.2, 0.25) is 5.91 Å². The second kappa shape index (κ2) is 8.88. The van der Waals surface area contributed by atoms with E-state index in [4.69, 9.17) is 16.6 Å². The van der Waals surface area contributed by atoms with Crippen LogP contribution in [0.1, 0.15) is 39.5 Å². The number of nitrogens with one attached hydrogen (secondary N) is 1. The topological polar surface area (TPSA) is 118 Å². The lowest BCUT2D eigenvalue weighted by Gasteiger charge is -2.19. The van der Waals surface area contributed by atoms with Gasteiger partial charge in [-0.2, -0.15) is 0 Å². The Morgan fingerprint density at radius 2 is 1.89 bits per heavy atom. The van der Waals surface area contributed by atoms with Crippen LogP contribution in [0.3, 0.4) is 0 Å². The van der Waals surface area contributed by atoms with Gasteiger partial charge < -0.3 is 21.9 Å². The van der Waals surface area contributed by atoms with Crippen molar-refractivity contribution in [2.24, 2.45) is 17.4 Å². The third-order valence-electron chi connectivity index (χ3n) is 2.63. The second-order valence-electron chi connectivity index (χ2n) is 4.92. The number of hydrogen-bond acceptors (Lipinski definition) is 4. The summed E-state index contributed by atoms with van der Waals surface area (Å²) >= 11 is 0. The first kappa shape index (κ1) is 16.9. The molecular formula is C12H25N3O3. The molecule has 0 aliphatic rings. The Balaban J connectivity index is 4.19. The molecular weight excluding hydrogens is 234 g/mol. The average molecular weight is 259 g/mol. The molecule has 0 aliphatic carbocycles. The van der Waals surface area contributed by atoms with Crippen molar-refractivity contribution < 1.29 is 14.7 Å². The van der Waals surface area contributed by atoms with Crippen LogP contribution in [0.2, 0.25) is 0 Å². The van der Waals surface area contributed by atoms with Crippen molar-refractivity contribution in [3.8, 4) is 0 Å². The molecule has 0 radical (unpaired) electrons. The number of nitrogens with two attached hydrogens (primary N) is 2. The molecule has 0 aromatic carbocycles. The molecule has 0 aromatic rings. The predicted molar refractivity (Wildman–Crippen MR) is 69.9 cm³/mol. The number of hydrogen-bond donors (Lipinski definition) is 4. The van der Waals surface area contributed by atoms with E-state index in [1.165, 1.54) is 0 Å². The summed E-state index contributed by atoms with van der Waals surface area (Å²) in [6, 6.07) is -1.52. The third kappa shape index (κ3) is 7.24. The van der Waals surface area contributed by atoms with Crippen molar-refractivity contribution >= 4 is 11.9 Å². The summed E-state index contributed by atoms with van der Waals surface area (Å²) in [6.45, 7) is 4.38. The lowest BCUT2D eigenvalue weighted by Crippen LogP contribution is -2.48. The van der Waals surface area contributed by atoms with Crippen LogP contribution in [0.4, 0.5) is 0 Å². The zero-order valence-electron chi connectivity index (χ0n) is 11.2. The van der Waals surface area contributed by atoms with Crippen molar-refractivity contribution in [2.45, 2.75) is 51.6 Å². The highest BCUT2D eigenvalue weighted by Crippen LogP contribution is 2.06. The average Bonchev–Trinajstić information content (AvgIpc) is 2.27. The van der Waals surface area contributed by atoms with Crippen molar-refractivity contribution in [1.29, 1.82) is 0 Å². The van der Waals surface area contributed by atoms with Crippen molar-refractivity contribution in [3.63, 3.8) is 0 Å². The maximum absolute atomic E-state index is 11.7.